The molecule has 0 radical (unpaired) electrons. The van der Waals surface area contributed by atoms with E-state index in [1.807, 2.05) is 45.3 Å². The summed E-state index contributed by atoms with van der Waals surface area (Å²) < 4.78 is 0. The quantitative estimate of drug-likeness (QED) is 0.460. The van der Waals surface area contributed by atoms with E-state index in [2.05, 4.69) is 39.5 Å². The van der Waals surface area contributed by atoms with Gasteiger partial charge in [0.05, 0.1) is 6.54 Å². The Balaban J connectivity index is 0.00000242. The third-order valence-electron chi connectivity index (χ3n) is 3.18. The lowest BCUT2D eigenvalue weighted by atomic mass is 10.2. The van der Waals surface area contributed by atoms with Gasteiger partial charge in [-0.15, -0.1) is 24.0 Å². The van der Waals surface area contributed by atoms with Gasteiger partial charge in [-0.05, 0) is 42.3 Å². The van der Waals surface area contributed by atoms with Crippen LogP contribution in [0.15, 0.2) is 53.5 Å². The van der Waals surface area contributed by atoms with Crippen LogP contribution in [0.5, 0.6) is 0 Å². The second-order valence-electron chi connectivity index (χ2n) is 5.26. The Morgan fingerprint density at radius 3 is 2.41 bits per heavy atom. The zero-order valence-electron chi connectivity index (χ0n) is 13.2. The molecule has 0 atom stereocenters. The predicted octanol–water partition coefficient (Wildman–Crippen LogP) is 3.61. The molecule has 3 N–H and O–H groups in total. The predicted molar refractivity (Wildman–Crippen MR) is 106 cm³/mol. The Labute approximate surface area is 149 Å². The number of benzene rings is 2. The SMILES string of the molecule is Cc1cccc(NC(N)=NCc2ccc(N(C)C)cc2)c1.I. The van der Waals surface area contributed by atoms with Crippen LogP contribution in [0.4, 0.5) is 11.4 Å². The first-order valence-electron chi connectivity index (χ1n) is 6.94. The van der Waals surface area contributed by atoms with Gasteiger partial charge in [-0.1, -0.05) is 24.3 Å². The van der Waals surface area contributed by atoms with Crippen LogP contribution in [-0.4, -0.2) is 20.1 Å². The summed E-state index contributed by atoms with van der Waals surface area (Å²) in [5, 5.41) is 3.10. The molecule has 0 spiro atoms. The Hall–Kier alpha value is -1.76. The molecule has 0 unspecified atom stereocenters. The molecule has 118 valence electrons. The van der Waals surface area contributed by atoms with Gasteiger partial charge in [0, 0.05) is 25.5 Å². The van der Waals surface area contributed by atoms with E-state index in [0.717, 1.165) is 11.3 Å². The van der Waals surface area contributed by atoms with Crippen LogP contribution in [0.3, 0.4) is 0 Å². The molecule has 0 aromatic heterocycles. The van der Waals surface area contributed by atoms with Crippen molar-refractivity contribution in [2.75, 3.05) is 24.3 Å². The highest BCUT2D eigenvalue weighted by atomic mass is 127. The summed E-state index contributed by atoms with van der Waals surface area (Å²) in [6.07, 6.45) is 0. The van der Waals surface area contributed by atoms with Crippen molar-refractivity contribution >= 4 is 41.3 Å². The van der Waals surface area contributed by atoms with E-state index < -0.39 is 0 Å². The van der Waals surface area contributed by atoms with Gasteiger partial charge in [0.1, 0.15) is 0 Å². The molecule has 2 aromatic carbocycles. The van der Waals surface area contributed by atoms with E-state index >= 15 is 0 Å². The number of guanidine groups is 1. The van der Waals surface area contributed by atoms with Crippen molar-refractivity contribution in [1.29, 1.82) is 0 Å². The smallest absolute Gasteiger partial charge is 0.193 e. The highest BCUT2D eigenvalue weighted by Crippen LogP contribution is 2.13. The molecular formula is C17H23IN4. The normalized spacial score (nSPS) is 10.8. The van der Waals surface area contributed by atoms with Gasteiger partial charge in [-0.25, -0.2) is 4.99 Å². The van der Waals surface area contributed by atoms with Crippen molar-refractivity contribution in [2.24, 2.45) is 10.7 Å². The van der Waals surface area contributed by atoms with Crippen molar-refractivity contribution in [3.63, 3.8) is 0 Å². The summed E-state index contributed by atoms with van der Waals surface area (Å²) in [6, 6.07) is 16.3. The zero-order valence-corrected chi connectivity index (χ0v) is 15.5. The van der Waals surface area contributed by atoms with Gasteiger partial charge in [0.2, 0.25) is 0 Å². The van der Waals surface area contributed by atoms with Crippen LogP contribution in [0.2, 0.25) is 0 Å². The number of anilines is 2. The number of halogens is 1. The zero-order chi connectivity index (χ0) is 15.2. The summed E-state index contributed by atoms with van der Waals surface area (Å²) >= 11 is 0. The average molecular weight is 410 g/mol. The Kier molecular flexibility index (Phi) is 7.17. The lowest BCUT2D eigenvalue weighted by molar-refractivity contribution is 1.05. The fourth-order valence-electron chi connectivity index (χ4n) is 1.99. The van der Waals surface area contributed by atoms with Crippen molar-refractivity contribution in [1.82, 2.24) is 0 Å². The Morgan fingerprint density at radius 1 is 1.14 bits per heavy atom. The third kappa shape index (κ3) is 5.55. The number of nitrogens with one attached hydrogen (secondary N) is 1. The fraction of sp³-hybridized carbons (Fsp3) is 0.235. The standard InChI is InChI=1S/C17H22N4.HI/c1-13-5-4-6-15(11-13)20-17(18)19-12-14-7-9-16(10-8-14)21(2)3;/h4-11H,12H2,1-3H3,(H3,18,19,20);1H. The topological polar surface area (TPSA) is 53.6 Å². The van der Waals surface area contributed by atoms with Gasteiger partial charge >= 0.3 is 0 Å². The highest BCUT2D eigenvalue weighted by molar-refractivity contribution is 14.0. The molecule has 0 amide bonds. The maximum Gasteiger partial charge on any atom is 0.193 e. The van der Waals surface area contributed by atoms with Crippen LogP contribution in [0.1, 0.15) is 11.1 Å². The maximum atomic E-state index is 5.91. The molecule has 0 heterocycles. The van der Waals surface area contributed by atoms with Gasteiger partial charge in [0.25, 0.3) is 0 Å². The highest BCUT2D eigenvalue weighted by Gasteiger charge is 1.98. The number of aliphatic imine (C=N–C) groups is 1. The first-order chi connectivity index (χ1) is 10.0. The van der Waals surface area contributed by atoms with Crippen molar-refractivity contribution in [2.45, 2.75) is 13.5 Å². The minimum Gasteiger partial charge on any atom is -0.378 e. The summed E-state index contributed by atoms with van der Waals surface area (Å²) in [4.78, 5) is 6.43. The molecule has 0 bridgehead atoms. The summed E-state index contributed by atoms with van der Waals surface area (Å²) in [6.45, 7) is 2.61. The van der Waals surface area contributed by atoms with Gasteiger partial charge < -0.3 is 16.0 Å². The van der Waals surface area contributed by atoms with Crippen LogP contribution in [-0.2, 0) is 6.54 Å². The lowest BCUT2D eigenvalue weighted by Crippen LogP contribution is -2.22. The van der Waals surface area contributed by atoms with E-state index in [1.165, 1.54) is 11.3 Å². The summed E-state index contributed by atoms with van der Waals surface area (Å²) in [5.41, 5.74) is 10.4. The number of rotatable bonds is 4. The molecule has 0 saturated carbocycles. The van der Waals surface area contributed by atoms with E-state index in [1.54, 1.807) is 0 Å². The van der Waals surface area contributed by atoms with Crippen LogP contribution >= 0.6 is 24.0 Å². The van der Waals surface area contributed by atoms with Crippen molar-refractivity contribution < 1.29 is 0 Å². The molecule has 0 saturated heterocycles. The minimum absolute atomic E-state index is 0. The van der Waals surface area contributed by atoms with E-state index in [0.29, 0.717) is 12.5 Å². The van der Waals surface area contributed by atoms with Crippen molar-refractivity contribution in [3.8, 4) is 0 Å². The summed E-state index contributed by atoms with van der Waals surface area (Å²) in [5.74, 6) is 0.428. The molecule has 0 aliphatic rings. The Bertz CT molecular complexity index is 621. The van der Waals surface area contributed by atoms with Crippen LogP contribution in [0, 0.1) is 6.92 Å². The maximum absolute atomic E-state index is 5.91. The van der Waals surface area contributed by atoms with Gasteiger partial charge in [-0.3, -0.25) is 0 Å². The average Bonchev–Trinajstić information content (AvgIpc) is 2.45. The molecule has 0 fully saturated rings. The molecule has 0 aliphatic carbocycles. The number of aryl methyl sites for hydroxylation is 1. The summed E-state index contributed by atoms with van der Waals surface area (Å²) in [7, 11) is 4.05. The molecule has 5 heteroatoms. The minimum atomic E-state index is 0. The molecule has 2 rings (SSSR count). The number of nitrogens with zero attached hydrogens (tertiary/aromatic N) is 2. The Morgan fingerprint density at radius 2 is 1.82 bits per heavy atom. The molecule has 2 aromatic rings. The van der Waals surface area contributed by atoms with Gasteiger partial charge in [0.15, 0.2) is 5.96 Å². The largest absolute Gasteiger partial charge is 0.378 e. The molecule has 0 aliphatic heterocycles. The number of nitrogens with two attached hydrogens (primary N) is 1. The van der Waals surface area contributed by atoms with Crippen molar-refractivity contribution in [3.05, 3.63) is 59.7 Å². The van der Waals surface area contributed by atoms with E-state index in [-0.39, 0.29) is 24.0 Å². The van der Waals surface area contributed by atoms with Crippen LogP contribution in [0.25, 0.3) is 0 Å². The monoisotopic (exact) mass is 410 g/mol. The van der Waals surface area contributed by atoms with E-state index in [9.17, 15) is 0 Å². The van der Waals surface area contributed by atoms with Crippen LogP contribution < -0.4 is 16.0 Å². The fourth-order valence-corrected chi connectivity index (χ4v) is 1.99. The number of hydrogen-bond donors (Lipinski definition) is 2. The number of hydrogen-bond acceptors (Lipinski definition) is 2. The second-order valence-corrected chi connectivity index (χ2v) is 5.26. The molecule has 22 heavy (non-hydrogen) atoms. The first-order valence-corrected chi connectivity index (χ1v) is 6.94. The molecular weight excluding hydrogens is 387 g/mol. The molecule has 4 nitrogen and oxygen atoms in total. The lowest BCUT2D eigenvalue weighted by Gasteiger charge is -2.12. The van der Waals surface area contributed by atoms with Gasteiger partial charge in [-0.2, -0.15) is 0 Å². The van der Waals surface area contributed by atoms with E-state index in [4.69, 9.17) is 5.73 Å². The second kappa shape index (κ2) is 8.63. The third-order valence-corrected chi connectivity index (χ3v) is 3.18. The first kappa shape index (κ1) is 18.3.